The maximum atomic E-state index is 12.4. The predicted molar refractivity (Wildman–Crippen MR) is 94.8 cm³/mol. The summed E-state index contributed by atoms with van der Waals surface area (Å²) in [4.78, 5) is 30.7. The van der Waals surface area contributed by atoms with Gasteiger partial charge in [0, 0.05) is 45.5 Å². The normalized spacial score (nSPS) is 22.5. The standard InChI is InChI=1S/C18H27N5O3/c1-20-11-14(10-19-20)17(24)23-12-16(13-23)26-18(25)22-7-3-6-21(8-9-22)15-4-2-5-15/h10-11,15-16H,2-9,12-13H2,1H3. The Kier molecular flexibility index (Phi) is 4.84. The summed E-state index contributed by atoms with van der Waals surface area (Å²) in [6.45, 7) is 4.43. The summed E-state index contributed by atoms with van der Waals surface area (Å²) in [7, 11) is 1.78. The molecule has 8 heteroatoms. The minimum atomic E-state index is -0.237. The molecule has 0 radical (unpaired) electrons. The van der Waals surface area contributed by atoms with E-state index >= 15 is 0 Å². The van der Waals surface area contributed by atoms with Crippen molar-refractivity contribution in [2.75, 3.05) is 39.3 Å². The number of carbonyl (C=O) groups excluding carboxylic acids is 2. The van der Waals surface area contributed by atoms with Crippen molar-refractivity contribution in [3.05, 3.63) is 18.0 Å². The molecular formula is C18H27N5O3. The molecule has 0 spiro atoms. The van der Waals surface area contributed by atoms with E-state index in [4.69, 9.17) is 4.74 Å². The van der Waals surface area contributed by atoms with Crippen LogP contribution in [0.15, 0.2) is 12.4 Å². The van der Waals surface area contributed by atoms with Crippen molar-refractivity contribution < 1.29 is 14.3 Å². The molecule has 2 saturated heterocycles. The van der Waals surface area contributed by atoms with Crippen molar-refractivity contribution in [3.63, 3.8) is 0 Å². The molecule has 0 N–H and O–H groups in total. The van der Waals surface area contributed by atoms with E-state index in [1.165, 1.54) is 19.3 Å². The first kappa shape index (κ1) is 17.3. The zero-order valence-corrected chi connectivity index (χ0v) is 15.3. The van der Waals surface area contributed by atoms with E-state index in [1.54, 1.807) is 29.0 Å². The number of carbonyl (C=O) groups is 2. The summed E-state index contributed by atoms with van der Waals surface area (Å²) in [5.41, 5.74) is 0.570. The Bertz CT molecular complexity index is 666. The lowest BCUT2D eigenvalue weighted by Gasteiger charge is -2.39. The lowest BCUT2D eigenvalue weighted by atomic mass is 9.91. The second-order valence-corrected chi connectivity index (χ2v) is 7.58. The highest BCUT2D eigenvalue weighted by molar-refractivity contribution is 5.94. The Morgan fingerprint density at radius 1 is 1.08 bits per heavy atom. The highest BCUT2D eigenvalue weighted by atomic mass is 16.6. The Labute approximate surface area is 153 Å². The first-order chi connectivity index (χ1) is 12.6. The summed E-state index contributed by atoms with van der Waals surface area (Å²) in [5, 5.41) is 4.02. The molecule has 0 unspecified atom stereocenters. The van der Waals surface area contributed by atoms with Crippen molar-refractivity contribution in [2.45, 2.75) is 37.8 Å². The fourth-order valence-corrected chi connectivity index (χ4v) is 3.85. The van der Waals surface area contributed by atoms with Crippen molar-refractivity contribution in [1.29, 1.82) is 0 Å². The van der Waals surface area contributed by atoms with Gasteiger partial charge in [0.05, 0.1) is 24.8 Å². The third-order valence-electron chi connectivity index (χ3n) is 5.73. The van der Waals surface area contributed by atoms with Gasteiger partial charge in [0.1, 0.15) is 6.10 Å². The van der Waals surface area contributed by atoms with Crippen molar-refractivity contribution in [3.8, 4) is 0 Å². The van der Waals surface area contributed by atoms with Gasteiger partial charge >= 0.3 is 6.09 Å². The molecule has 3 heterocycles. The smallest absolute Gasteiger partial charge is 0.410 e. The number of nitrogens with zero attached hydrogens (tertiary/aromatic N) is 5. The Morgan fingerprint density at radius 2 is 1.88 bits per heavy atom. The Hall–Kier alpha value is -2.09. The van der Waals surface area contributed by atoms with Gasteiger partial charge < -0.3 is 14.5 Å². The van der Waals surface area contributed by atoms with Crippen molar-refractivity contribution >= 4 is 12.0 Å². The van der Waals surface area contributed by atoms with Crippen LogP contribution in [-0.4, -0.2) is 87.9 Å². The highest BCUT2D eigenvalue weighted by Crippen LogP contribution is 2.25. The predicted octanol–water partition coefficient (Wildman–Crippen LogP) is 0.941. The van der Waals surface area contributed by atoms with Gasteiger partial charge in [-0.25, -0.2) is 4.79 Å². The van der Waals surface area contributed by atoms with Crippen LogP contribution in [0.5, 0.6) is 0 Å². The molecule has 1 aromatic heterocycles. The van der Waals surface area contributed by atoms with E-state index < -0.39 is 0 Å². The molecule has 3 fully saturated rings. The third kappa shape index (κ3) is 3.56. The number of aromatic nitrogens is 2. The number of hydrogen-bond acceptors (Lipinski definition) is 5. The van der Waals surface area contributed by atoms with E-state index in [0.29, 0.717) is 18.7 Å². The lowest BCUT2D eigenvalue weighted by Crippen LogP contribution is -2.56. The maximum Gasteiger partial charge on any atom is 0.410 e. The van der Waals surface area contributed by atoms with Gasteiger partial charge in [-0.2, -0.15) is 5.10 Å². The average molecular weight is 361 g/mol. The molecule has 26 heavy (non-hydrogen) atoms. The summed E-state index contributed by atoms with van der Waals surface area (Å²) in [6, 6.07) is 0.727. The molecule has 8 nitrogen and oxygen atoms in total. The van der Waals surface area contributed by atoms with Gasteiger partial charge in [0.25, 0.3) is 5.91 Å². The molecule has 0 bridgehead atoms. The Balaban J connectivity index is 1.21. The molecule has 1 aliphatic carbocycles. The molecule has 3 aliphatic rings. The van der Waals surface area contributed by atoms with Crippen molar-refractivity contribution in [1.82, 2.24) is 24.5 Å². The lowest BCUT2D eigenvalue weighted by molar-refractivity contribution is -0.0183. The molecule has 0 aromatic carbocycles. The highest BCUT2D eigenvalue weighted by Gasteiger charge is 2.36. The van der Waals surface area contributed by atoms with E-state index in [0.717, 1.165) is 38.6 Å². The van der Waals surface area contributed by atoms with Crippen LogP contribution in [0.3, 0.4) is 0 Å². The third-order valence-corrected chi connectivity index (χ3v) is 5.73. The summed E-state index contributed by atoms with van der Waals surface area (Å²) in [6.07, 6.45) is 7.76. The first-order valence-electron chi connectivity index (χ1n) is 9.57. The molecule has 1 aromatic rings. The summed E-state index contributed by atoms with van der Waals surface area (Å²) < 4.78 is 7.20. The molecular weight excluding hydrogens is 334 g/mol. The molecule has 142 valence electrons. The van der Waals surface area contributed by atoms with E-state index in [9.17, 15) is 9.59 Å². The van der Waals surface area contributed by atoms with E-state index in [-0.39, 0.29) is 18.1 Å². The fourth-order valence-electron chi connectivity index (χ4n) is 3.85. The molecule has 2 amide bonds. The maximum absolute atomic E-state index is 12.4. The van der Waals surface area contributed by atoms with Gasteiger partial charge in [-0.15, -0.1) is 0 Å². The number of ether oxygens (including phenoxy) is 1. The quantitative estimate of drug-likeness (QED) is 0.801. The number of hydrogen-bond donors (Lipinski definition) is 0. The number of amides is 2. The minimum Gasteiger partial charge on any atom is -0.442 e. The second kappa shape index (κ2) is 7.26. The molecule has 1 saturated carbocycles. The average Bonchev–Trinajstić information content (AvgIpc) is 2.83. The number of aryl methyl sites for hydroxylation is 1. The fraction of sp³-hybridized carbons (Fsp3) is 0.722. The van der Waals surface area contributed by atoms with Crippen LogP contribution < -0.4 is 0 Å². The summed E-state index contributed by atoms with van der Waals surface area (Å²) >= 11 is 0. The largest absolute Gasteiger partial charge is 0.442 e. The van der Waals surface area contributed by atoms with Crippen LogP contribution in [-0.2, 0) is 11.8 Å². The molecule has 4 rings (SSSR count). The second-order valence-electron chi connectivity index (χ2n) is 7.58. The van der Waals surface area contributed by atoms with Crippen molar-refractivity contribution in [2.24, 2.45) is 7.05 Å². The van der Waals surface area contributed by atoms with Crippen LogP contribution in [0.2, 0.25) is 0 Å². The van der Waals surface area contributed by atoms with E-state index in [1.807, 2.05) is 4.90 Å². The van der Waals surface area contributed by atoms with Crippen LogP contribution in [0.25, 0.3) is 0 Å². The zero-order chi connectivity index (χ0) is 18.1. The molecule has 0 atom stereocenters. The van der Waals surface area contributed by atoms with Gasteiger partial charge in [0.15, 0.2) is 0 Å². The van der Waals surface area contributed by atoms with E-state index in [2.05, 4.69) is 10.00 Å². The monoisotopic (exact) mass is 361 g/mol. The number of likely N-dealkylation sites (tertiary alicyclic amines) is 1. The topological polar surface area (TPSA) is 70.9 Å². The van der Waals surface area contributed by atoms with Gasteiger partial charge in [-0.3, -0.25) is 14.4 Å². The van der Waals surface area contributed by atoms with Crippen LogP contribution >= 0.6 is 0 Å². The van der Waals surface area contributed by atoms with Crippen LogP contribution in [0.1, 0.15) is 36.0 Å². The zero-order valence-electron chi connectivity index (χ0n) is 15.3. The summed E-state index contributed by atoms with van der Waals surface area (Å²) in [5.74, 6) is -0.0590. The number of rotatable bonds is 3. The van der Waals surface area contributed by atoms with Crippen LogP contribution in [0, 0.1) is 0 Å². The minimum absolute atomic E-state index is 0.0590. The molecule has 2 aliphatic heterocycles. The van der Waals surface area contributed by atoms with Gasteiger partial charge in [-0.05, 0) is 19.3 Å². The SMILES string of the molecule is Cn1cc(C(=O)N2CC(OC(=O)N3CCCN(C4CCC4)CC3)C2)cn1. The van der Waals surface area contributed by atoms with Gasteiger partial charge in [0.2, 0.25) is 0 Å². The van der Waals surface area contributed by atoms with Crippen LogP contribution in [0.4, 0.5) is 4.79 Å². The van der Waals surface area contributed by atoms with Gasteiger partial charge in [-0.1, -0.05) is 6.42 Å². The Morgan fingerprint density at radius 3 is 2.54 bits per heavy atom. The first-order valence-corrected chi connectivity index (χ1v) is 9.57.